The number of halogens is 6. The minimum Gasteiger partial charge on any atom is -0.381 e. The van der Waals surface area contributed by atoms with E-state index in [4.69, 9.17) is 0 Å². The fourth-order valence-corrected chi connectivity index (χ4v) is 2.75. The zero-order chi connectivity index (χ0) is 15.7. The molecule has 21 heavy (non-hydrogen) atoms. The van der Waals surface area contributed by atoms with Crippen molar-refractivity contribution in [3.63, 3.8) is 0 Å². The second kappa shape index (κ2) is 5.77. The van der Waals surface area contributed by atoms with Crippen molar-refractivity contribution in [3.8, 4) is 0 Å². The van der Waals surface area contributed by atoms with E-state index in [1.807, 2.05) is 0 Å². The first-order chi connectivity index (χ1) is 9.69. The fraction of sp³-hybridized carbons (Fsp3) is 0.571. The molecular weight excluding hydrogens is 296 g/mol. The number of anilines is 1. The molecule has 0 saturated heterocycles. The second-order valence-corrected chi connectivity index (χ2v) is 5.23. The van der Waals surface area contributed by atoms with Gasteiger partial charge in [0.25, 0.3) is 0 Å². The Kier molecular flexibility index (Phi) is 4.39. The van der Waals surface area contributed by atoms with E-state index in [1.165, 1.54) is 18.2 Å². The quantitative estimate of drug-likeness (QED) is 0.737. The summed E-state index contributed by atoms with van der Waals surface area (Å²) in [6.45, 7) is 0. The molecule has 0 radical (unpaired) electrons. The Bertz CT molecular complexity index is 479. The van der Waals surface area contributed by atoms with Crippen LogP contribution in [-0.4, -0.2) is 12.2 Å². The first-order valence-electron chi connectivity index (χ1n) is 6.69. The zero-order valence-electron chi connectivity index (χ0n) is 11.1. The third kappa shape index (κ3) is 3.83. The van der Waals surface area contributed by atoms with Crippen molar-refractivity contribution in [1.82, 2.24) is 0 Å². The van der Waals surface area contributed by atoms with Crippen LogP contribution in [0.5, 0.6) is 0 Å². The van der Waals surface area contributed by atoms with Crippen molar-refractivity contribution >= 4 is 5.69 Å². The monoisotopic (exact) mass is 311 g/mol. The van der Waals surface area contributed by atoms with Gasteiger partial charge in [-0.15, -0.1) is 0 Å². The molecule has 1 fully saturated rings. The number of alkyl halides is 6. The Morgan fingerprint density at radius 2 is 1.52 bits per heavy atom. The minimum absolute atomic E-state index is 0.0463. The fourth-order valence-electron chi connectivity index (χ4n) is 2.75. The standard InChI is InChI=1S/C14H15F6N/c15-13(16,17)9-5-1-3-7-11(9)21-12-8-4-2-6-10(12)14(18,19)20/h1,3,5,7,10,12,21H,2,4,6,8H2. The van der Waals surface area contributed by atoms with E-state index in [0.717, 1.165) is 6.07 Å². The van der Waals surface area contributed by atoms with E-state index in [2.05, 4.69) is 5.32 Å². The maximum Gasteiger partial charge on any atom is 0.418 e. The Hall–Kier alpha value is -1.40. The topological polar surface area (TPSA) is 12.0 Å². The summed E-state index contributed by atoms with van der Waals surface area (Å²) >= 11 is 0. The summed E-state index contributed by atoms with van der Waals surface area (Å²) in [4.78, 5) is 0. The van der Waals surface area contributed by atoms with Gasteiger partial charge >= 0.3 is 12.4 Å². The molecule has 1 nitrogen and oxygen atoms in total. The maximum absolute atomic E-state index is 13.0. The predicted octanol–water partition coefficient (Wildman–Crippen LogP) is 5.24. The normalized spacial score (nSPS) is 23.9. The Morgan fingerprint density at radius 1 is 0.905 bits per heavy atom. The number of hydrogen-bond donors (Lipinski definition) is 1. The Morgan fingerprint density at radius 3 is 2.14 bits per heavy atom. The molecule has 1 aromatic rings. The van der Waals surface area contributed by atoms with Gasteiger partial charge in [0.05, 0.1) is 11.5 Å². The van der Waals surface area contributed by atoms with E-state index in [-0.39, 0.29) is 18.5 Å². The molecule has 1 saturated carbocycles. The van der Waals surface area contributed by atoms with Gasteiger partial charge in [0.15, 0.2) is 0 Å². The number of nitrogens with one attached hydrogen (secondary N) is 1. The molecule has 118 valence electrons. The van der Waals surface area contributed by atoms with Crippen molar-refractivity contribution in [2.24, 2.45) is 5.92 Å². The van der Waals surface area contributed by atoms with Gasteiger partial charge in [-0.25, -0.2) is 0 Å². The highest BCUT2D eigenvalue weighted by molar-refractivity contribution is 5.53. The number of benzene rings is 1. The van der Waals surface area contributed by atoms with E-state index >= 15 is 0 Å². The molecule has 0 aromatic heterocycles. The van der Waals surface area contributed by atoms with Crippen LogP contribution in [0.15, 0.2) is 24.3 Å². The molecule has 2 unspecified atom stereocenters. The number of hydrogen-bond acceptors (Lipinski definition) is 1. The largest absolute Gasteiger partial charge is 0.418 e. The van der Waals surface area contributed by atoms with E-state index < -0.39 is 29.9 Å². The molecule has 0 bridgehead atoms. The molecule has 1 aromatic carbocycles. The van der Waals surface area contributed by atoms with Crippen LogP contribution in [0, 0.1) is 5.92 Å². The highest BCUT2D eigenvalue weighted by Crippen LogP contribution is 2.41. The maximum atomic E-state index is 13.0. The molecule has 1 aliphatic rings. The number of rotatable bonds is 2. The van der Waals surface area contributed by atoms with Crippen molar-refractivity contribution in [1.29, 1.82) is 0 Å². The lowest BCUT2D eigenvalue weighted by molar-refractivity contribution is -0.184. The highest BCUT2D eigenvalue weighted by atomic mass is 19.4. The molecule has 0 spiro atoms. The third-order valence-electron chi connectivity index (χ3n) is 3.76. The van der Waals surface area contributed by atoms with Crippen LogP contribution in [0.4, 0.5) is 32.0 Å². The van der Waals surface area contributed by atoms with Crippen molar-refractivity contribution in [2.75, 3.05) is 5.32 Å². The van der Waals surface area contributed by atoms with Crippen LogP contribution < -0.4 is 5.32 Å². The molecular formula is C14H15F6N. The van der Waals surface area contributed by atoms with Crippen LogP contribution in [-0.2, 0) is 6.18 Å². The summed E-state index contributed by atoms with van der Waals surface area (Å²) < 4.78 is 77.5. The molecule has 1 N–H and O–H groups in total. The molecule has 7 heteroatoms. The summed E-state index contributed by atoms with van der Waals surface area (Å²) in [5, 5.41) is 2.47. The van der Waals surface area contributed by atoms with E-state index in [1.54, 1.807) is 0 Å². The van der Waals surface area contributed by atoms with Gasteiger partial charge in [0, 0.05) is 11.7 Å². The summed E-state index contributed by atoms with van der Waals surface area (Å²) in [6, 6.07) is 3.62. The van der Waals surface area contributed by atoms with E-state index in [9.17, 15) is 26.3 Å². The summed E-state index contributed by atoms with van der Waals surface area (Å²) in [5.74, 6) is -1.60. The van der Waals surface area contributed by atoms with E-state index in [0.29, 0.717) is 12.8 Å². The van der Waals surface area contributed by atoms with Crippen LogP contribution >= 0.6 is 0 Å². The van der Waals surface area contributed by atoms with Crippen LogP contribution in [0.3, 0.4) is 0 Å². The molecule has 0 amide bonds. The predicted molar refractivity (Wildman–Crippen MR) is 66.9 cm³/mol. The lowest BCUT2D eigenvalue weighted by Crippen LogP contribution is -2.41. The van der Waals surface area contributed by atoms with Crippen LogP contribution in [0.2, 0.25) is 0 Å². The van der Waals surface area contributed by atoms with Gasteiger partial charge in [-0.3, -0.25) is 0 Å². The van der Waals surface area contributed by atoms with Crippen molar-refractivity contribution in [3.05, 3.63) is 29.8 Å². The van der Waals surface area contributed by atoms with Crippen LogP contribution in [0.25, 0.3) is 0 Å². The SMILES string of the molecule is FC(F)(F)c1ccccc1NC1CCCCC1C(F)(F)F. The summed E-state index contributed by atoms with van der Waals surface area (Å²) in [5.41, 5.74) is -1.22. The van der Waals surface area contributed by atoms with Gasteiger partial charge in [-0.2, -0.15) is 26.3 Å². The average molecular weight is 311 g/mol. The summed E-state index contributed by atoms with van der Waals surface area (Å²) in [6.07, 6.45) is -7.79. The number of para-hydroxylation sites is 1. The first kappa shape index (κ1) is 16.0. The Balaban J connectivity index is 2.24. The summed E-state index contributed by atoms with van der Waals surface area (Å²) in [7, 11) is 0. The lowest BCUT2D eigenvalue weighted by Gasteiger charge is -2.34. The second-order valence-electron chi connectivity index (χ2n) is 5.23. The van der Waals surface area contributed by atoms with Gasteiger partial charge in [0.2, 0.25) is 0 Å². The average Bonchev–Trinajstić information content (AvgIpc) is 2.37. The Labute approximate surface area is 118 Å². The molecule has 1 aliphatic carbocycles. The van der Waals surface area contributed by atoms with Gasteiger partial charge in [0.1, 0.15) is 0 Å². The molecule has 2 rings (SSSR count). The van der Waals surface area contributed by atoms with Crippen molar-refractivity contribution in [2.45, 2.75) is 44.1 Å². The van der Waals surface area contributed by atoms with Gasteiger partial charge in [-0.1, -0.05) is 25.0 Å². The zero-order valence-corrected chi connectivity index (χ0v) is 11.1. The molecule has 2 atom stereocenters. The first-order valence-corrected chi connectivity index (χ1v) is 6.69. The molecule has 0 aliphatic heterocycles. The van der Waals surface area contributed by atoms with Crippen molar-refractivity contribution < 1.29 is 26.3 Å². The van der Waals surface area contributed by atoms with Gasteiger partial charge in [-0.05, 0) is 25.0 Å². The molecule has 0 heterocycles. The third-order valence-corrected chi connectivity index (χ3v) is 3.76. The lowest BCUT2D eigenvalue weighted by atomic mass is 9.83. The van der Waals surface area contributed by atoms with Crippen LogP contribution in [0.1, 0.15) is 31.2 Å². The smallest absolute Gasteiger partial charge is 0.381 e. The minimum atomic E-state index is -4.59. The van der Waals surface area contributed by atoms with Gasteiger partial charge < -0.3 is 5.32 Å². The highest BCUT2D eigenvalue weighted by Gasteiger charge is 2.46.